The highest BCUT2D eigenvalue weighted by molar-refractivity contribution is 6.05. The van der Waals surface area contributed by atoms with E-state index >= 15 is 0 Å². The van der Waals surface area contributed by atoms with Crippen LogP contribution in [0.25, 0.3) is 0 Å². The molecule has 15 heteroatoms. The summed E-state index contributed by atoms with van der Waals surface area (Å²) in [7, 11) is 3.03. The number of allylic oxidation sites excluding steroid dienone is 1. The molecule has 5 amide bonds. The average Bonchev–Trinajstić information content (AvgIpc) is 3.76. The molecule has 3 aliphatic rings. The second-order valence-electron chi connectivity index (χ2n) is 14.0. The van der Waals surface area contributed by atoms with E-state index in [0.29, 0.717) is 11.1 Å². The van der Waals surface area contributed by atoms with Crippen LogP contribution in [0.4, 0.5) is 9.59 Å². The predicted molar refractivity (Wildman–Crippen MR) is 172 cm³/mol. The van der Waals surface area contributed by atoms with Crippen LogP contribution in [0.15, 0.2) is 22.8 Å². The third kappa shape index (κ3) is 9.13. The number of esters is 1. The van der Waals surface area contributed by atoms with E-state index in [1.54, 1.807) is 33.8 Å². The first-order valence-electron chi connectivity index (χ1n) is 16.0. The number of Topliss-reactive ketones (excluding diaryl/α,β-unsaturated/α-hetero) is 1. The standard InChI is InChI=1S/C33H49N5O10/c1-19-26-22(27(43)20(2)33(19)10-11-33)14-32(7,18-46-21(3)39)28(26)47-30(45)38(9)13-12-37(8)25(42)17-35-23(40)15-34-24(41)16-36-29(44)48-31(4,5)6/h14,20,28H,10-13,15-18H2,1-9H3,(H,34,41)(H,35,40)(H,36,44)/t20-,28?,32+/m1/s1. The fourth-order valence-corrected chi connectivity index (χ4v) is 5.93. The minimum Gasteiger partial charge on any atom is -0.465 e. The number of amides is 5. The molecule has 0 saturated heterocycles. The van der Waals surface area contributed by atoms with Crippen molar-refractivity contribution in [3.05, 3.63) is 22.8 Å². The number of ether oxygens (including phenoxy) is 3. The largest absolute Gasteiger partial charge is 0.465 e. The van der Waals surface area contributed by atoms with E-state index in [1.165, 1.54) is 30.8 Å². The summed E-state index contributed by atoms with van der Waals surface area (Å²) in [4.78, 5) is 89.4. The zero-order valence-corrected chi connectivity index (χ0v) is 29.4. The Bertz CT molecular complexity index is 1410. The molecule has 1 fully saturated rings. The van der Waals surface area contributed by atoms with Gasteiger partial charge in [-0.15, -0.1) is 0 Å². The van der Waals surface area contributed by atoms with Gasteiger partial charge in [0.05, 0.1) is 18.5 Å². The first-order valence-corrected chi connectivity index (χ1v) is 16.0. The van der Waals surface area contributed by atoms with Crippen molar-refractivity contribution in [1.29, 1.82) is 0 Å². The molecule has 0 aromatic rings. The normalized spacial score (nSPS) is 22.2. The van der Waals surface area contributed by atoms with Crippen molar-refractivity contribution in [2.75, 3.05) is 53.4 Å². The van der Waals surface area contributed by atoms with Gasteiger partial charge in [0, 0.05) is 56.6 Å². The molecule has 0 aromatic heterocycles. The second kappa shape index (κ2) is 14.8. The van der Waals surface area contributed by atoms with Gasteiger partial charge in [0.2, 0.25) is 17.7 Å². The molecule has 3 rings (SSSR count). The first-order chi connectivity index (χ1) is 22.2. The molecule has 15 nitrogen and oxygen atoms in total. The second-order valence-corrected chi connectivity index (χ2v) is 14.0. The average molecular weight is 676 g/mol. The minimum absolute atomic E-state index is 0.00105. The van der Waals surface area contributed by atoms with Gasteiger partial charge in [0.25, 0.3) is 0 Å². The van der Waals surface area contributed by atoms with Crippen LogP contribution < -0.4 is 16.0 Å². The molecule has 3 atom stereocenters. The molecule has 1 saturated carbocycles. The number of nitrogens with zero attached hydrogens (tertiary/aromatic N) is 2. The monoisotopic (exact) mass is 675 g/mol. The van der Waals surface area contributed by atoms with E-state index < -0.39 is 59.5 Å². The third-order valence-electron chi connectivity index (χ3n) is 9.04. The van der Waals surface area contributed by atoms with Gasteiger partial charge in [-0.3, -0.25) is 24.0 Å². The van der Waals surface area contributed by atoms with Crippen LogP contribution in [0.3, 0.4) is 0 Å². The Morgan fingerprint density at radius 2 is 1.50 bits per heavy atom. The van der Waals surface area contributed by atoms with Gasteiger partial charge < -0.3 is 40.0 Å². The molecular weight excluding hydrogens is 626 g/mol. The number of carbonyl (C=O) groups excluding carboxylic acids is 7. The Morgan fingerprint density at radius 1 is 0.938 bits per heavy atom. The van der Waals surface area contributed by atoms with Crippen molar-refractivity contribution in [1.82, 2.24) is 25.8 Å². The molecule has 0 radical (unpaired) electrons. The molecule has 0 aliphatic heterocycles. The van der Waals surface area contributed by atoms with E-state index in [-0.39, 0.29) is 49.9 Å². The fraction of sp³-hybridized carbons (Fsp3) is 0.667. The number of fused-ring (bicyclic) bond motifs is 1. The summed E-state index contributed by atoms with van der Waals surface area (Å²) < 4.78 is 16.4. The highest BCUT2D eigenvalue weighted by Crippen LogP contribution is 2.64. The van der Waals surface area contributed by atoms with Crippen LogP contribution in [0.2, 0.25) is 0 Å². The van der Waals surface area contributed by atoms with Gasteiger partial charge >= 0.3 is 18.2 Å². The number of carbonyl (C=O) groups is 7. The quantitative estimate of drug-likeness (QED) is 0.202. The molecule has 266 valence electrons. The Labute approximate surface area is 281 Å². The fourth-order valence-electron chi connectivity index (χ4n) is 5.93. The maximum Gasteiger partial charge on any atom is 0.410 e. The smallest absolute Gasteiger partial charge is 0.410 e. The van der Waals surface area contributed by atoms with Gasteiger partial charge in [0.1, 0.15) is 24.9 Å². The molecule has 1 spiro atoms. The van der Waals surface area contributed by atoms with Gasteiger partial charge in [-0.25, -0.2) is 9.59 Å². The molecule has 0 heterocycles. The molecule has 0 bridgehead atoms. The Morgan fingerprint density at radius 3 is 2.06 bits per heavy atom. The van der Waals surface area contributed by atoms with Gasteiger partial charge in [0.15, 0.2) is 5.78 Å². The van der Waals surface area contributed by atoms with E-state index in [2.05, 4.69) is 16.0 Å². The van der Waals surface area contributed by atoms with Crippen LogP contribution in [-0.2, 0) is 38.2 Å². The molecule has 48 heavy (non-hydrogen) atoms. The zero-order valence-electron chi connectivity index (χ0n) is 29.4. The number of rotatable bonds is 12. The van der Waals surface area contributed by atoms with Crippen LogP contribution in [0, 0.1) is 16.7 Å². The summed E-state index contributed by atoms with van der Waals surface area (Å²) in [6.45, 7) is 11.0. The van der Waals surface area contributed by atoms with Crippen LogP contribution >= 0.6 is 0 Å². The topological polar surface area (TPSA) is 190 Å². The predicted octanol–water partition coefficient (Wildman–Crippen LogP) is 1.46. The van der Waals surface area contributed by atoms with Gasteiger partial charge in [-0.1, -0.05) is 18.6 Å². The summed E-state index contributed by atoms with van der Waals surface area (Å²) in [6, 6.07) is 0. The van der Waals surface area contributed by atoms with Crippen molar-refractivity contribution in [3.8, 4) is 0 Å². The highest BCUT2D eigenvalue weighted by atomic mass is 16.6. The summed E-state index contributed by atoms with van der Waals surface area (Å²) in [5.74, 6) is -2.35. The molecule has 0 aromatic carbocycles. The summed E-state index contributed by atoms with van der Waals surface area (Å²) >= 11 is 0. The van der Waals surface area contributed by atoms with Crippen LogP contribution in [0.5, 0.6) is 0 Å². The van der Waals surface area contributed by atoms with E-state index in [1.807, 2.05) is 13.8 Å². The third-order valence-corrected chi connectivity index (χ3v) is 9.04. The van der Waals surface area contributed by atoms with Crippen LogP contribution in [0.1, 0.15) is 61.3 Å². The number of hydrogen-bond acceptors (Lipinski definition) is 10. The highest BCUT2D eigenvalue weighted by Gasteiger charge is 2.60. The molecule has 3 aliphatic carbocycles. The SMILES string of the molecule is CC(=O)OC[C@]1(C)C=C2C(=O)[C@@H](C)C3(CC3)C(C)=C2C1OC(=O)N(C)CCN(C)C(=O)CNC(=O)CNC(=O)CNC(=O)OC(C)(C)C. The van der Waals surface area contributed by atoms with E-state index in [9.17, 15) is 33.6 Å². The number of hydrogen-bond donors (Lipinski definition) is 3. The van der Waals surface area contributed by atoms with Crippen molar-refractivity contribution in [2.45, 2.75) is 73.0 Å². The van der Waals surface area contributed by atoms with Gasteiger partial charge in [-0.2, -0.15) is 0 Å². The van der Waals surface area contributed by atoms with Crippen molar-refractivity contribution in [3.63, 3.8) is 0 Å². The van der Waals surface area contributed by atoms with E-state index in [4.69, 9.17) is 14.2 Å². The summed E-state index contributed by atoms with van der Waals surface area (Å²) in [5.41, 5.74) is 0.304. The number of ketones is 1. The lowest BCUT2D eigenvalue weighted by Gasteiger charge is -2.36. The summed E-state index contributed by atoms with van der Waals surface area (Å²) in [6.07, 6.45) is 1.24. The number of nitrogens with one attached hydrogen (secondary N) is 3. The lowest BCUT2D eigenvalue weighted by Crippen LogP contribution is -2.46. The molecule has 1 unspecified atom stereocenters. The first kappa shape index (κ1) is 38.0. The number of alkyl carbamates (subject to hydrolysis) is 1. The lowest BCUT2D eigenvalue weighted by molar-refractivity contribution is -0.144. The Kier molecular flexibility index (Phi) is 11.7. The molecular formula is C33H49N5O10. The van der Waals surface area contributed by atoms with Crippen LogP contribution in [-0.4, -0.2) is 117 Å². The molecule has 3 N–H and O–H groups in total. The van der Waals surface area contributed by atoms with Crippen molar-refractivity contribution < 1.29 is 47.8 Å². The maximum atomic E-state index is 13.4. The maximum absolute atomic E-state index is 13.4. The Hall–Kier alpha value is -4.43. The number of likely N-dealkylation sites (N-methyl/N-ethyl adjacent to an activating group) is 2. The van der Waals surface area contributed by atoms with E-state index in [0.717, 1.165) is 18.4 Å². The minimum atomic E-state index is -0.955. The van der Waals surface area contributed by atoms with Crippen molar-refractivity contribution in [2.24, 2.45) is 16.7 Å². The lowest BCUT2D eigenvalue weighted by atomic mass is 9.70. The zero-order chi connectivity index (χ0) is 36.2. The summed E-state index contributed by atoms with van der Waals surface area (Å²) in [5, 5.41) is 7.02. The van der Waals surface area contributed by atoms with Crippen molar-refractivity contribution >= 4 is 41.7 Å². The van der Waals surface area contributed by atoms with Gasteiger partial charge in [-0.05, 0) is 47.5 Å². The Balaban J connectivity index is 1.50.